The van der Waals surface area contributed by atoms with E-state index in [0.717, 1.165) is 41.5 Å². The van der Waals surface area contributed by atoms with E-state index in [1.807, 2.05) is 68.1 Å². The van der Waals surface area contributed by atoms with Crippen molar-refractivity contribution >= 4 is 17.5 Å². The number of hydrogen-bond donors (Lipinski definition) is 1. The van der Waals surface area contributed by atoms with Crippen molar-refractivity contribution in [2.45, 2.75) is 20.8 Å². The van der Waals surface area contributed by atoms with Gasteiger partial charge in [-0.2, -0.15) is 5.10 Å². The quantitative estimate of drug-likeness (QED) is 0.743. The van der Waals surface area contributed by atoms with Gasteiger partial charge in [-0.25, -0.2) is 9.48 Å². The van der Waals surface area contributed by atoms with Gasteiger partial charge in [-0.3, -0.25) is 0 Å². The fourth-order valence-corrected chi connectivity index (χ4v) is 3.52. The van der Waals surface area contributed by atoms with Crippen LogP contribution >= 0.6 is 0 Å². The van der Waals surface area contributed by atoms with Crippen molar-refractivity contribution in [1.82, 2.24) is 24.9 Å². The molecule has 8 nitrogen and oxygen atoms in total. The van der Waals surface area contributed by atoms with Crippen LogP contribution in [0.2, 0.25) is 0 Å². The largest absolute Gasteiger partial charge is 0.352 e. The highest BCUT2D eigenvalue weighted by molar-refractivity contribution is 5.89. The second-order valence-corrected chi connectivity index (χ2v) is 7.36. The standard InChI is InChI=1S/C21H25N7O/c1-15-5-4-6-18(13-15)22-21(29)27-11-9-26(10-12-27)19-7-8-20(24-23-19)28-17(3)14-16(2)25-28/h4-8,13-14H,9-12H2,1-3H3,(H,22,29). The number of rotatable bonds is 3. The Morgan fingerprint density at radius 1 is 0.931 bits per heavy atom. The summed E-state index contributed by atoms with van der Waals surface area (Å²) in [6, 6.07) is 13.7. The van der Waals surface area contributed by atoms with Gasteiger partial charge in [0.1, 0.15) is 0 Å². The first-order valence-corrected chi connectivity index (χ1v) is 9.74. The summed E-state index contributed by atoms with van der Waals surface area (Å²) in [5, 5.41) is 16.1. The van der Waals surface area contributed by atoms with E-state index in [2.05, 4.69) is 25.5 Å². The van der Waals surface area contributed by atoms with E-state index in [9.17, 15) is 4.79 Å². The SMILES string of the molecule is Cc1cccc(NC(=O)N2CCN(c3ccc(-n4nc(C)cc4C)nn3)CC2)c1. The molecule has 29 heavy (non-hydrogen) atoms. The summed E-state index contributed by atoms with van der Waals surface area (Å²) in [5.41, 5.74) is 3.92. The molecule has 0 spiro atoms. The highest BCUT2D eigenvalue weighted by Gasteiger charge is 2.22. The average Bonchev–Trinajstić information content (AvgIpc) is 3.06. The zero-order chi connectivity index (χ0) is 20.4. The van der Waals surface area contributed by atoms with Crippen molar-refractivity contribution in [2.75, 3.05) is 36.4 Å². The molecule has 1 aliphatic rings. The van der Waals surface area contributed by atoms with Crippen LogP contribution in [-0.2, 0) is 0 Å². The van der Waals surface area contributed by atoms with E-state index < -0.39 is 0 Å². The Hall–Kier alpha value is -3.42. The molecule has 1 saturated heterocycles. The van der Waals surface area contributed by atoms with Gasteiger partial charge in [-0.15, -0.1) is 10.2 Å². The number of aromatic nitrogens is 4. The molecule has 0 unspecified atom stereocenters. The Labute approximate surface area is 170 Å². The summed E-state index contributed by atoms with van der Waals surface area (Å²) in [5.74, 6) is 1.52. The topological polar surface area (TPSA) is 79.2 Å². The number of carbonyl (C=O) groups excluding carboxylic acids is 1. The van der Waals surface area contributed by atoms with Crippen LogP contribution in [0.4, 0.5) is 16.3 Å². The number of aryl methyl sites for hydroxylation is 3. The Bertz CT molecular complexity index is 1000. The van der Waals surface area contributed by atoms with Gasteiger partial charge in [0.25, 0.3) is 0 Å². The predicted octanol–water partition coefficient (Wildman–Crippen LogP) is 2.94. The van der Waals surface area contributed by atoms with E-state index in [1.165, 1.54) is 0 Å². The first-order valence-electron chi connectivity index (χ1n) is 9.74. The summed E-state index contributed by atoms with van der Waals surface area (Å²) in [4.78, 5) is 16.5. The highest BCUT2D eigenvalue weighted by Crippen LogP contribution is 2.16. The lowest BCUT2D eigenvalue weighted by Gasteiger charge is -2.35. The summed E-state index contributed by atoms with van der Waals surface area (Å²) >= 11 is 0. The summed E-state index contributed by atoms with van der Waals surface area (Å²) < 4.78 is 1.79. The van der Waals surface area contributed by atoms with Crippen molar-refractivity contribution in [3.8, 4) is 5.82 Å². The maximum absolute atomic E-state index is 12.5. The molecule has 3 heterocycles. The lowest BCUT2D eigenvalue weighted by atomic mass is 10.2. The molecular formula is C21H25N7O. The number of anilines is 2. The third-order valence-electron chi connectivity index (χ3n) is 5.02. The Kier molecular flexibility index (Phi) is 5.16. The monoisotopic (exact) mass is 391 g/mol. The van der Waals surface area contributed by atoms with Crippen molar-refractivity contribution in [3.05, 3.63) is 59.4 Å². The first kappa shape index (κ1) is 18.9. The van der Waals surface area contributed by atoms with Gasteiger partial charge >= 0.3 is 6.03 Å². The van der Waals surface area contributed by atoms with Crippen molar-refractivity contribution in [3.63, 3.8) is 0 Å². The lowest BCUT2D eigenvalue weighted by molar-refractivity contribution is 0.208. The molecule has 0 bridgehead atoms. The van der Waals surface area contributed by atoms with Crippen molar-refractivity contribution < 1.29 is 4.79 Å². The summed E-state index contributed by atoms with van der Waals surface area (Å²) in [6.07, 6.45) is 0. The molecule has 1 N–H and O–H groups in total. The van der Waals surface area contributed by atoms with Crippen LogP contribution in [0.3, 0.4) is 0 Å². The second kappa shape index (κ2) is 7.90. The molecule has 2 amide bonds. The number of carbonyl (C=O) groups is 1. The van der Waals surface area contributed by atoms with E-state index >= 15 is 0 Å². The lowest BCUT2D eigenvalue weighted by Crippen LogP contribution is -2.50. The number of hydrogen-bond acceptors (Lipinski definition) is 5. The minimum absolute atomic E-state index is 0.0683. The highest BCUT2D eigenvalue weighted by atomic mass is 16.2. The van der Waals surface area contributed by atoms with Gasteiger partial charge < -0.3 is 15.1 Å². The zero-order valence-electron chi connectivity index (χ0n) is 17.0. The molecule has 0 aliphatic carbocycles. The predicted molar refractivity (Wildman–Crippen MR) is 113 cm³/mol. The minimum Gasteiger partial charge on any atom is -0.352 e. The molecule has 1 fully saturated rings. The first-order chi connectivity index (χ1) is 14.0. The Morgan fingerprint density at radius 2 is 1.66 bits per heavy atom. The van der Waals surface area contributed by atoms with Crippen LogP contribution in [0.5, 0.6) is 0 Å². The number of amides is 2. The van der Waals surface area contributed by atoms with E-state index in [4.69, 9.17) is 0 Å². The van der Waals surface area contributed by atoms with Crippen LogP contribution in [0.1, 0.15) is 17.0 Å². The minimum atomic E-state index is -0.0683. The van der Waals surface area contributed by atoms with Crippen LogP contribution in [0.25, 0.3) is 5.82 Å². The third kappa shape index (κ3) is 4.21. The molecule has 150 valence electrons. The fourth-order valence-electron chi connectivity index (χ4n) is 3.52. The summed E-state index contributed by atoms with van der Waals surface area (Å²) in [6.45, 7) is 8.67. The van der Waals surface area contributed by atoms with Gasteiger partial charge in [0.15, 0.2) is 11.6 Å². The van der Waals surface area contributed by atoms with Gasteiger partial charge in [-0.1, -0.05) is 12.1 Å². The van der Waals surface area contributed by atoms with Gasteiger partial charge in [0.2, 0.25) is 0 Å². The van der Waals surface area contributed by atoms with E-state index in [1.54, 1.807) is 4.68 Å². The number of nitrogens with zero attached hydrogens (tertiary/aromatic N) is 6. The molecule has 0 atom stereocenters. The molecule has 1 aromatic carbocycles. The smallest absolute Gasteiger partial charge is 0.321 e. The van der Waals surface area contributed by atoms with E-state index in [-0.39, 0.29) is 6.03 Å². The fraction of sp³-hybridized carbons (Fsp3) is 0.333. The number of urea groups is 1. The van der Waals surface area contributed by atoms with Crippen molar-refractivity contribution in [1.29, 1.82) is 0 Å². The van der Waals surface area contributed by atoms with Gasteiger partial charge in [0, 0.05) is 37.6 Å². The molecule has 8 heteroatoms. The van der Waals surface area contributed by atoms with Gasteiger partial charge in [-0.05, 0) is 56.7 Å². The normalized spacial score (nSPS) is 14.2. The number of nitrogens with one attached hydrogen (secondary N) is 1. The second-order valence-electron chi connectivity index (χ2n) is 7.36. The molecule has 4 rings (SSSR count). The van der Waals surface area contributed by atoms with Crippen LogP contribution < -0.4 is 10.2 Å². The third-order valence-corrected chi connectivity index (χ3v) is 5.02. The molecule has 1 aliphatic heterocycles. The number of benzene rings is 1. The Morgan fingerprint density at radius 3 is 2.28 bits per heavy atom. The summed E-state index contributed by atoms with van der Waals surface area (Å²) in [7, 11) is 0. The zero-order valence-corrected chi connectivity index (χ0v) is 17.0. The maximum atomic E-state index is 12.5. The molecule has 0 saturated carbocycles. The van der Waals surface area contributed by atoms with Crippen LogP contribution in [0.15, 0.2) is 42.5 Å². The van der Waals surface area contributed by atoms with Gasteiger partial charge in [0.05, 0.1) is 5.69 Å². The van der Waals surface area contributed by atoms with Crippen LogP contribution in [-0.4, -0.2) is 57.1 Å². The van der Waals surface area contributed by atoms with E-state index in [0.29, 0.717) is 18.9 Å². The number of piperazine rings is 1. The molecule has 3 aromatic rings. The Balaban J connectivity index is 1.35. The maximum Gasteiger partial charge on any atom is 0.321 e. The van der Waals surface area contributed by atoms with Crippen molar-refractivity contribution in [2.24, 2.45) is 0 Å². The van der Waals surface area contributed by atoms with Crippen LogP contribution in [0, 0.1) is 20.8 Å². The molecular weight excluding hydrogens is 366 g/mol. The average molecular weight is 391 g/mol. The molecule has 2 aromatic heterocycles. The molecule has 0 radical (unpaired) electrons.